The number of hydrogen-bond acceptors (Lipinski definition) is 2. The summed E-state index contributed by atoms with van der Waals surface area (Å²) in [6.07, 6.45) is 1.30. The van der Waals surface area contributed by atoms with Crippen molar-refractivity contribution in [3.63, 3.8) is 0 Å². The molecule has 1 aromatic carbocycles. The summed E-state index contributed by atoms with van der Waals surface area (Å²) in [5.41, 5.74) is 2.00. The van der Waals surface area contributed by atoms with Crippen LogP contribution in [0.2, 0.25) is 0 Å². The molecule has 2 N–H and O–H groups in total. The summed E-state index contributed by atoms with van der Waals surface area (Å²) >= 11 is 0. The van der Waals surface area contributed by atoms with Crippen molar-refractivity contribution >= 4 is 11.6 Å². The number of hydrogen-bond donors (Lipinski definition) is 2. The normalized spacial score (nSPS) is 22.2. The molecule has 1 aromatic rings. The number of rotatable bonds is 5. The summed E-state index contributed by atoms with van der Waals surface area (Å²) in [6.45, 7) is 5.61. The SMILES string of the molecule is Cc1ccccc1NC(=O)CNCC1CC1C. The van der Waals surface area contributed by atoms with Gasteiger partial charge in [0.1, 0.15) is 0 Å². The summed E-state index contributed by atoms with van der Waals surface area (Å²) in [5.74, 6) is 1.65. The van der Waals surface area contributed by atoms with E-state index in [4.69, 9.17) is 0 Å². The molecule has 3 heteroatoms. The van der Waals surface area contributed by atoms with Crippen molar-refractivity contribution in [1.29, 1.82) is 0 Å². The van der Waals surface area contributed by atoms with E-state index in [2.05, 4.69) is 17.6 Å². The van der Waals surface area contributed by atoms with Crippen LogP contribution in [-0.2, 0) is 4.79 Å². The third-order valence-corrected chi connectivity index (χ3v) is 3.39. The molecule has 1 aliphatic carbocycles. The van der Waals surface area contributed by atoms with Gasteiger partial charge in [-0.1, -0.05) is 25.1 Å². The van der Waals surface area contributed by atoms with E-state index in [0.29, 0.717) is 6.54 Å². The second-order valence-electron chi connectivity index (χ2n) is 4.97. The van der Waals surface area contributed by atoms with Crippen LogP contribution >= 0.6 is 0 Å². The number of para-hydroxylation sites is 1. The molecule has 0 radical (unpaired) electrons. The Morgan fingerprint density at radius 2 is 2.12 bits per heavy atom. The highest BCUT2D eigenvalue weighted by Gasteiger charge is 2.31. The average molecular weight is 232 g/mol. The highest BCUT2D eigenvalue weighted by molar-refractivity contribution is 5.92. The van der Waals surface area contributed by atoms with E-state index in [1.165, 1.54) is 6.42 Å². The zero-order chi connectivity index (χ0) is 12.3. The molecule has 1 fully saturated rings. The van der Waals surface area contributed by atoms with Crippen LogP contribution < -0.4 is 10.6 Å². The molecule has 0 aliphatic heterocycles. The second-order valence-corrected chi connectivity index (χ2v) is 4.97. The van der Waals surface area contributed by atoms with Crippen LogP contribution in [0.1, 0.15) is 18.9 Å². The molecule has 92 valence electrons. The van der Waals surface area contributed by atoms with E-state index in [9.17, 15) is 4.79 Å². The highest BCUT2D eigenvalue weighted by Crippen LogP contribution is 2.36. The lowest BCUT2D eigenvalue weighted by atomic mass is 10.2. The van der Waals surface area contributed by atoms with Gasteiger partial charge in [0, 0.05) is 5.69 Å². The van der Waals surface area contributed by atoms with Crippen LogP contribution in [0.25, 0.3) is 0 Å². The van der Waals surface area contributed by atoms with Gasteiger partial charge < -0.3 is 10.6 Å². The Balaban J connectivity index is 1.72. The van der Waals surface area contributed by atoms with E-state index >= 15 is 0 Å². The third-order valence-electron chi connectivity index (χ3n) is 3.39. The maximum absolute atomic E-state index is 11.7. The number of benzene rings is 1. The van der Waals surface area contributed by atoms with E-state index in [1.54, 1.807) is 0 Å². The van der Waals surface area contributed by atoms with Crippen molar-refractivity contribution in [3.8, 4) is 0 Å². The van der Waals surface area contributed by atoms with Crippen molar-refractivity contribution < 1.29 is 4.79 Å². The molecule has 0 saturated heterocycles. The van der Waals surface area contributed by atoms with Crippen molar-refractivity contribution in [2.24, 2.45) is 11.8 Å². The van der Waals surface area contributed by atoms with Crippen molar-refractivity contribution in [2.75, 3.05) is 18.4 Å². The predicted molar refractivity (Wildman–Crippen MR) is 69.9 cm³/mol. The minimum Gasteiger partial charge on any atom is -0.325 e. The van der Waals surface area contributed by atoms with Crippen LogP contribution in [0.5, 0.6) is 0 Å². The molecular weight excluding hydrogens is 212 g/mol. The quantitative estimate of drug-likeness (QED) is 0.817. The van der Waals surface area contributed by atoms with Crippen molar-refractivity contribution in [1.82, 2.24) is 5.32 Å². The Morgan fingerprint density at radius 3 is 2.76 bits per heavy atom. The topological polar surface area (TPSA) is 41.1 Å². The number of nitrogens with one attached hydrogen (secondary N) is 2. The van der Waals surface area contributed by atoms with Gasteiger partial charge >= 0.3 is 0 Å². The van der Waals surface area contributed by atoms with Gasteiger partial charge in [0.15, 0.2) is 0 Å². The average Bonchev–Trinajstić information content (AvgIpc) is 2.98. The smallest absolute Gasteiger partial charge is 0.238 e. The molecule has 17 heavy (non-hydrogen) atoms. The summed E-state index contributed by atoms with van der Waals surface area (Å²) in [4.78, 5) is 11.7. The number of amides is 1. The lowest BCUT2D eigenvalue weighted by molar-refractivity contribution is -0.115. The molecule has 1 saturated carbocycles. The van der Waals surface area contributed by atoms with Crippen LogP contribution in [0.3, 0.4) is 0 Å². The summed E-state index contributed by atoms with van der Waals surface area (Å²) in [6, 6.07) is 7.82. The van der Waals surface area contributed by atoms with E-state index in [1.807, 2.05) is 31.2 Å². The molecule has 0 spiro atoms. The van der Waals surface area contributed by atoms with Gasteiger partial charge in [-0.25, -0.2) is 0 Å². The van der Waals surface area contributed by atoms with Crippen LogP contribution in [0.4, 0.5) is 5.69 Å². The number of carbonyl (C=O) groups excluding carboxylic acids is 1. The van der Waals surface area contributed by atoms with E-state index < -0.39 is 0 Å². The van der Waals surface area contributed by atoms with Gasteiger partial charge in [0.25, 0.3) is 0 Å². The zero-order valence-corrected chi connectivity index (χ0v) is 10.5. The predicted octanol–water partition coefficient (Wildman–Crippen LogP) is 2.18. The minimum atomic E-state index is 0.0348. The molecule has 2 unspecified atom stereocenters. The summed E-state index contributed by atoms with van der Waals surface area (Å²) < 4.78 is 0. The highest BCUT2D eigenvalue weighted by atomic mass is 16.1. The summed E-state index contributed by atoms with van der Waals surface area (Å²) in [5, 5.41) is 6.12. The minimum absolute atomic E-state index is 0.0348. The number of aryl methyl sites for hydroxylation is 1. The van der Waals surface area contributed by atoms with Crippen molar-refractivity contribution in [2.45, 2.75) is 20.3 Å². The number of carbonyl (C=O) groups is 1. The molecule has 0 heterocycles. The van der Waals surface area contributed by atoms with Crippen molar-refractivity contribution in [3.05, 3.63) is 29.8 Å². The lowest BCUT2D eigenvalue weighted by Gasteiger charge is -2.08. The van der Waals surface area contributed by atoms with Crippen LogP contribution in [0, 0.1) is 18.8 Å². The molecule has 1 amide bonds. The second kappa shape index (κ2) is 5.32. The Kier molecular flexibility index (Phi) is 3.79. The first-order valence-electron chi connectivity index (χ1n) is 6.23. The fourth-order valence-corrected chi connectivity index (χ4v) is 1.96. The van der Waals surface area contributed by atoms with Gasteiger partial charge in [0.2, 0.25) is 5.91 Å². The maximum Gasteiger partial charge on any atom is 0.238 e. The first-order chi connectivity index (χ1) is 8.16. The molecule has 0 bridgehead atoms. The lowest BCUT2D eigenvalue weighted by Crippen LogP contribution is -2.29. The fraction of sp³-hybridized carbons (Fsp3) is 0.500. The Hall–Kier alpha value is -1.35. The zero-order valence-electron chi connectivity index (χ0n) is 10.5. The number of anilines is 1. The fourth-order valence-electron chi connectivity index (χ4n) is 1.96. The summed E-state index contributed by atoms with van der Waals surface area (Å²) in [7, 11) is 0. The molecule has 0 aromatic heterocycles. The van der Waals surface area contributed by atoms with Gasteiger partial charge in [-0.3, -0.25) is 4.79 Å². The van der Waals surface area contributed by atoms with Gasteiger partial charge in [0.05, 0.1) is 6.54 Å². The molecule has 1 aliphatic rings. The molecule has 3 nitrogen and oxygen atoms in total. The van der Waals surface area contributed by atoms with Crippen LogP contribution in [-0.4, -0.2) is 19.0 Å². The molecule has 2 rings (SSSR count). The first kappa shape index (κ1) is 12.1. The van der Waals surface area contributed by atoms with E-state index in [0.717, 1.165) is 29.6 Å². The maximum atomic E-state index is 11.7. The monoisotopic (exact) mass is 232 g/mol. The standard InChI is InChI=1S/C14H20N2O/c1-10-5-3-4-6-13(10)16-14(17)9-15-8-12-7-11(12)2/h3-6,11-12,15H,7-9H2,1-2H3,(H,16,17). The Bertz CT molecular complexity index is 403. The third kappa shape index (κ3) is 3.56. The van der Waals surface area contributed by atoms with Gasteiger partial charge in [-0.15, -0.1) is 0 Å². The first-order valence-corrected chi connectivity index (χ1v) is 6.23. The Morgan fingerprint density at radius 1 is 1.41 bits per heavy atom. The Labute approximate surface area is 103 Å². The van der Waals surface area contributed by atoms with Crippen LogP contribution in [0.15, 0.2) is 24.3 Å². The van der Waals surface area contributed by atoms with E-state index in [-0.39, 0.29) is 5.91 Å². The largest absolute Gasteiger partial charge is 0.325 e. The molecular formula is C14H20N2O. The van der Waals surface area contributed by atoms with Gasteiger partial charge in [-0.05, 0) is 43.4 Å². The van der Waals surface area contributed by atoms with Gasteiger partial charge in [-0.2, -0.15) is 0 Å². The molecule has 2 atom stereocenters.